The molecule has 1 aliphatic heterocycles. The van der Waals surface area contributed by atoms with Crippen molar-refractivity contribution in [3.63, 3.8) is 0 Å². The van der Waals surface area contributed by atoms with Crippen molar-refractivity contribution in [1.82, 2.24) is 5.32 Å². The molecule has 32 heavy (non-hydrogen) atoms. The molecule has 4 rings (SSSR count). The van der Waals surface area contributed by atoms with E-state index in [-0.39, 0.29) is 17.9 Å². The zero-order valence-corrected chi connectivity index (χ0v) is 18.1. The van der Waals surface area contributed by atoms with Crippen LogP contribution in [0.5, 0.6) is 5.75 Å². The SMILES string of the molecule is COc1ccc(N2CCC(NC(=O)c3ccc(NC(=O)c4ccccc4)cc3)CC2)cc1. The fraction of sp³-hybridized carbons (Fsp3) is 0.231. The summed E-state index contributed by atoms with van der Waals surface area (Å²) in [5.74, 6) is 0.585. The molecule has 2 N–H and O–H groups in total. The number of amides is 2. The minimum Gasteiger partial charge on any atom is -0.497 e. The largest absolute Gasteiger partial charge is 0.497 e. The Morgan fingerprint density at radius 3 is 2.06 bits per heavy atom. The minimum atomic E-state index is -0.175. The Hall–Kier alpha value is -3.80. The van der Waals surface area contributed by atoms with E-state index in [1.54, 1.807) is 43.5 Å². The third-order valence-electron chi connectivity index (χ3n) is 5.71. The van der Waals surface area contributed by atoms with Gasteiger partial charge in [0, 0.05) is 41.6 Å². The molecule has 1 aliphatic rings. The number of hydrogen-bond donors (Lipinski definition) is 2. The van der Waals surface area contributed by atoms with E-state index >= 15 is 0 Å². The van der Waals surface area contributed by atoms with Crippen molar-refractivity contribution in [3.8, 4) is 5.75 Å². The molecule has 6 heteroatoms. The van der Waals surface area contributed by atoms with Crippen LogP contribution < -0.4 is 20.3 Å². The predicted molar refractivity (Wildman–Crippen MR) is 127 cm³/mol. The van der Waals surface area contributed by atoms with Crippen LogP contribution >= 0.6 is 0 Å². The van der Waals surface area contributed by atoms with Crippen LogP contribution in [0.15, 0.2) is 78.9 Å². The monoisotopic (exact) mass is 429 g/mol. The molecule has 0 bridgehead atoms. The van der Waals surface area contributed by atoms with Gasteiger partial charge in [-0.25, -0.2) is 0 Å². The molecule has 0 aromatic heterocycles. The number of ether oxygens (including phenoxy) is 1. The fourth-order valence-electron chi connectivity index (χ4n) is 3.84. The van der Waals surface area contributed by atoms with Crippen molar-refractivity contribution in [3.05, 3.63) is 90.0 Å². The minimum absolute atomic E-state index is 0.0890. The van der Waals surface area contributed by atoms with Gasteiger partial charge in [-0.05, 0) is 73.5 Å². The summed E-state index contributed by atoms with van der Waals surface area (Å²) < 4.78 is 5.22. The van der Waals surface area contributed by atoms with Crippen molar-refractivity contribution in [2.24, 2.45) is 0 Å². The quantitative estimate of drug-likeness (QED) is 0.611. The van der Waals surface area contributed by atoms with E-state index in [2.05, 4.69) is 27.7 Å². The summed E-state index contributed by atoms with van der Waals surface area (Å²) in [6, 6.07) is 24.2. The topological polar surface area (TPSA) is 70.7 Å². The Morgan fingerprint density at radius 1 is 0.812 bits per heavy atom. The number of carbonyl (C=O) groups excluding carboxylic acids is 2. The van der Waals surface area contributed by atoms with Gasteiger partial charge >= 0.3 is 0 Å². The third-order valence-corrected chi connectivity index (χ3v) is 5.71. The average Bonchev–Trinajstić information content (AvgIpc) is 2.85. The Kier molecular flexibility index (Phi) is 6.70. The first kappa shape index (κ1) is 21.4. The fourth-order valence-corrected chi connectivity index (χ4v) is 3.84. The molecular weight excluding hydrogens is 402 g/mol. The standard InChI is InChI=1S/C26H27N3O3/c1-32-24-13-11-23(12-14-24)29-17-15-22(16-18-29)28-26(31)20-7-9-21(10-8-20)27-25(30)19-5-3-2-4-6-19/h2-14,22H,15-18H2,1H3,(H,27,30)(H,28,31). The number of hydrogen-bond acceptors (Lipinski definition) is 4. The number of piperidine rings is 1. The Bertz CT molecular complexity index is 1040. The molecule has 6 nitrogen and oxygen atoms in total. The Labute approximate surface area is 188 Å². The number of nitrogens with one attached hydrogen (secondary N) is 2. The molecule has 0 radical (unpaired) electrons. The number of carbonyl (C=O) groups is 2. The highest BCUT2D eigenvalue weighted by molar-refractivity contribution is 6.04. The molecule has 1 heterocycles. The van der Waals surface area contributed by atoms with Gasteiger partial charge in [-0.3, -0.25) is 9.59 Å². The van der Waals surface area contributed by atoms with Crippen LogP contribution in [0.1, 0.15) is 33.6 Å². The Balaban J connectivity index is 1.27. The van der Waals surface area contributed by atoms with E-state index in [1.807, 2.05) is 30.3 Å². The van der Waals surface area contributed by atoms with E-state index in [4.69, 9.17) is 4.74 Å². The van der Waals surface area contributed by atoms with Gasteiger partial charge in [0.25, 0.3) is 11.8 Å². The zero-order valence-electron chi connectivity index (χ0n) is 18.1. The number of benzene rings is 3. The van der Waals surface area contributed by atoms with Crippen LogP contribution in [-0.2, 0) is 0 Å². The van der Waals surface area contributed by atoms with E-state index in [9.17, 15) is 9.59 Å². The lowest BCUT2D eigenvalue weighted by Crippen LogP contribution is -2.44. The van der Waals surface area contributed by atoms with Crippen LogP contribution in [0.3, 0.4) is 0 Å². The Morgan fingerprint density at radius 2 is 1.44 bits per heavy atom. The maximum atomic E-state index is 12.7. The number of methoxy groups -OCH3 is 1. The molecule has 0 atom stereocenters. The highest BCUT2D eigenvalue weighted by atomic mass is 16.5. The van der Waals surface area contributed by atoms with Gasteiger partial charge in [-0.15, -0.1) is 0 Å². The third kappa shape index (κ3) is 5.27. The first-order valence-electron chi connectivity index (χ1n) is 10.8. The molecule has 0 spiro atoms. The first-order chi connectivity index (χ1) is 15.6. The van der Waals surface area contributed by atoms with Gasteiger partial charge in [0.05, 0.1) is 7.11 Å². The van der Waals surface area contributed by atoms with Gasteiger partial charge in [-0.2, -0.15) is 0 Å². The summed E-state index contributed by atoms with van der Waals surface area (Å²) in [4.78, 5) is 27.2. The lowest BCUT2D eigenvalue weighted by atomic mass is 10.0. The molecule has 3 aromatic carbocycles. The molecule has 0 unspecified atom stereocenters. The van der Waals surface area contributed by atoms with E-state index in [0.29, 0.717) is 16.8 Å². The van der Waals surface area contributed by atoms with Crippen LogP contribution in [0.2, 0.25) is 0 Å². The normalized spacial score (nSPS) is 14.0. The van der Waals surface area contributed by atoms with Crippen LogP contribution in [0.25, 0.3) is 0 Å². The van der Waals surface area contributed by atoms with Gasteiger partial charge in [-0.1, -0.05) is 18.2 Å². The van der Waals surface area contributed by atoms with Gasteiger partial charge in [0.2, 0.25) is 0 Å². The van der Waals surface area contributed by atoms with Gasteiger partial charge in [0.15, 0.2) is 0 Å². The summed E-state index contributed by atoms with van der Waals surface area (Å²) in [5, 5.41) is 5.99. The van der Waals surface area contributed by atoms with Crippen LogP contribution in [0, 0.1) is 0 Å². The second-order valence-corrected chi connectivity index (χ2v) is 7.83. The predicted octanol–water partition coefficient (Wildman–Crippen LogP) is 4.35. The molecular formula is C26H27N3O3. The molecule has 164 valence electrons. The molecule has 1 fully saturated rings. The second-order valence-electron chi connectivity index (χ2n) is 7.83. The molecule has 2 amide bonds. The average molecular weight is 430 g/mol. The number of anilines is 2. The van der Waals surface area contributed by atoms with Crippen molar-refractivity contribution < 1.29 is 14.3 Å². The second kappa shape index (κ2) is 10.0. The summed E-state index contributed by atoms with van der Waals surface area (Å²) in [7, 11) is 1.66. The molecule has 0 aliphatic carbocycles. The van der Waals surface area contributed by atoms with E-state index in [0.717, 1.165) is 31.7 Å². The lowest BCUT2D eigenvalue weighted by Gasteiger charge is -2.34. The highest BCUT2D eigenvalue weighted by Gasteiger charge is 2.21. The first-order valence-corrected chi connectivity index (χ1v) is 10.8. The van der Waals surface area contributed by atoms with Gasteiger partial charge in [0.1, 0.15) is 5.75 Å². The lowest BCUT2D eigenvalue weighted by molar-refractivity contribution is 0.0930. The van der Waals surface area contributed by atoms with Crippen molar-refractivity contribution >= 4 is 23.2 Å². The van der Waals surface area contributed by atoms with E-state index < -0.39 is 0 Å². The molecule has 3 aromatic rings. The summed E-state index contributed by atoms with van der Waals surface area (Å²) >= 11 is 0. The highest BCUT2D eigenvalue weighted by Crippen LogP contribution is 2.23. The van der Waals surface area contributed by atoms with Crippen molar-refractivity contribution in [2.45, 2.75) is 18.9 Å². The summed E-state index contributed by atoms with van der Waals surface area (Å²) in [5.41, 5.74) is 3.00. The number of rotatable bonds is 6. The van der Waals surface area contributed by atoms with Crippen LogP contribution in [0.4, 0.5) is 11.4 Å². The molecule has 0 saturated carbocycles. The van der Waals surface area contributed by atoms with Crippen molar-refractivity contribution in [2.75, 3.05) is 30.4 Å². The maximum absolute atomic E-state index is 12.7. The number of nitrogens with zero attached hydrogens (tertiary/aromatic N) is 1. The van der Waals surface area contributed by atoms with E-state index in [1.165, 1.54) is 5.69 Å². The van der Waals surface area contributed by atoms with Crippen LogP contribution in [-0.4, -0.2) is 38.1 Å². The maximum Gasteiger partial charge on any atom is 0.255 e. The smallest absolute Gasteiger partial charge is 0.255 e. The van der Waals surface area contributed by atoms with Gasteiger partial charge < -0.3 is 20.3 Å². The zero-order chi connectivity index (χ0) is 22.3. The summed E-state index contributed by atoms with van der Waals surface area (Å²) in [6.45, 7) is 1.78. The summed E-state index contributed by atoms with van der Waals surface area (Å²) in [6.07, 6.45) is 1.78. The van der Waals surface area contributed by atoms with Crippen molar-refractivity contribution in [1.29, 1.82) is 0 Å². The molecule has 1 saturated heterocycles.